The Hall–Kier alpha value is -2.74. The summed E-state index contributed by atoms with van der Waals surface area (Å²) in [4.78, 5) is 8.72. The van der Waals surface area contributed by atoms with Crippen molar-refractivity contribution in [1.29, 1.82) is 4.78 Å². The number of pyridine rings is 2. The quantitative estimate of drug-likeness (QED) is 0.693. The van der Waals surface area contributed by atoms with Gasteiger partial charge in [0.1, 0.15) is 23.7 Å². The Bertz CT molecular complexity index is 1110. The average Bonchev–Trinajstić information content (AvgIpc) is 3.52. The number of fused-ring (bicyclic) bond motifs is 1. The number of methoxy groups -OCH3 is 1. The molecule has 4 rings (SSSR count). The van der Waals surface area contributed by atoms with Gasteiger partial charge >= 0.3 is 0 Å². The predicted octanol–water partition coefficient (Wildman–Crippen LogP) is 3.92. The second-order valence-corrected chi connectivity index (χ2v) is 8.71. The molecule has 1 aromatic carbocycles. The summed E-state index contributed by atoms with van der Waals surface area (Å²) in [7, 11) is -1.38. The van der Waals surface area contributed by atoms with Crippen molar-refractivity contribution in [1.82, 2.24) is 9.97 Å². The molecule has 1 atom stereocenters. The zero-order chi connectivity index (χ0) is 19.0. The van der Waals surface area contributed by atoms with E-state index in [9.17, 15) is 8.60 Å². The van der Waals surface area contributed by atoms with Gasteiger partial charge in [-0.3, -0.25) is 4.98 Å². The van der Waals surface area contributed by atoms with Crippen molar-refractivity contribution in [2.75, 3.05) is 7.11 Å². The Balaban J connectivity index is 1.63. The van der Waals surface area contributed by atoms with Crippen molar-refractivity contribution >= 4 is 20.6 Å². The first kappa shape index (κ1) is 17.7. The molecule has 3 aromatic rings. The molecular formula is C19H18FN3O3S. The molecule has 1 aliphatic carbocycles. The molecule has 0 bridgehead atoms. The number of halogens is 1. The van der Waals surface area contributed by atoms with Gasteiger partial charge in [0, 0.05) is 33.5 Å². The highest BCUT2D eigenvalue weighted by Crippen LogP contribution is 2.35. The van der Waals surface area contributed by atoms with Crippen molar-refractivity contribution in [2.45, 2.75) is 29.6 Å². The fraction of sp³-hybridized carbons (Fsp3) is 0.263. The first-order valence-electron chi connectivity index (χ1n) is 8.47. The van der Waals surface area contributed by atoms with Gasteiger partial charge in [0.2, 0.25) is 5.88 Å². The summed E-state index contributed by atoms with van der Waals surface area (Å²) < 4.78 is 46.0. The van der Waals surface area contributed by atoms with Gasteiger partial charge in [-0.15, -0.1) is 0 Å². The number of ether oxygens (including phenoxy) is 2. The zero-order valence-electron chi connectivity index (χ0n) is 14.6. The molecule has 1 aliphatic rings. The van der Waals surface area contributed by atoms with Crippen molar-refractivity contribution in [2.24, 2.45) is 0 Å². The largest absolute Gasteiger partial charge is 0.488 e. The van der Waals surface area contributed by atoms with Crippen LogP contribution in [0.4, 0.5) is 4.39 Å². The molecule has 1 saturated carbocycles. The average molecular weight is 387 g/mol. The number of benzene rings is 1. The second-order valence-electron chi connectivity index (χ2n) is 6.37. The van der Waals surface area contributed by atoms with Gasteiger partial charge in [-0.2, -0.15) is 0 Å². The van der Waals surface area contributed by atoms with Crippen LogP contribution in [0.25, 0.3) is 10.9 Å². The van der Waals surface area contributed by atoms with Crippen LogP contribution in [0.15, 0.2) is 47.6 Å². The molecule has 1 fully saturated rings. The van der Waals surface area contributed by atoms with Crippen LogP contribution >= 0.6 is 0 Å². The lowest BCUT2D eigenvalue weighted by molar-refractivity contribution is 0.302. The summed E-state index contributed by atoms with van der Waals surface area (Å²) in [6.07, 6.45) is 4.72. The van der Waals surface area contributed by atoms with Crippen LogP contribution < -0.4 is 9.47 Å². The summed E-state index contributed by atoms with van der Waals surface area (Å²) in [5.41, 5.74) is 0.814. The van der Waals surface area contributed by atoms with Crippen LogP contribution in [-0.2, 0) is 16.3 Å². The predicted molar refractivity (Wildman–Crippen MR) is 99.0 cm³/mol. The highest BCUT2D eigenvalue weighted by atomic mass is 32.2. The van der Waals surface area contributed by atoms with Crippen LogP contribution in [0.2, 0.25) is 0 Å². The maximum Gasteiger partial charge on any atom is 0.240 e. The minimum absolute atomic E-state index is 0.0520. The third-order valence-electron chi connectivity index (χ3n) is 4.52. The standard InChI is InChI=1S/C19H18FN3O3S/c1-25-19-18-15(6-8-23-19)17(7-9-22-18)26-11-12-10-14(4-5-16(12)20)27(21,24)13-2-3-13/h4-10,13,21H,2-3,11H2,1H3. The SMILES string of the molecule is COc1nccc2c(OCc3cc(S(=N)(=O)C4CC4)ccc3F)ccnc12. The molecule has 27 heavy (non-hydrogen) atoms. The van der Waals surface area contributed by atoms with Gasteiger partial charge in [0.15, 0.2) is 0 Å². The topological polar surface area (TPSA) is 85.2 Å². The maximum absolute atomic E-state index is 14.2. The van der Waals surface area contributed by atoms with E-state index in [0.717, 1.165) is 12.8 Å². The number of rotatable bonds is 6. The summed E-state index contributed by atoms with van der Waals surface area (Å²) in [5.74, 6) is 0.436. The van der Waals surface area contributed by atoms with E-state index < -0.39 is 15.5 Å². The molecule has 8 heteroatoms. The van der Waals surface area contributed by atoms with Crippen LogP contribution in [0, 0.1) is 10.6 Å². The minimum Gasteiger partial charge on any atom is -0.488 e. The molecule has 140 valence electrons. The molecule has 1 unspecified atom stereocenters. The van der Waals surface area contributed by atoms with Crippen molar-refractivity contribution in [3.05, 3.63) is 54.1 Å². The Morgan fingerprint density at radius 3 is 2.74 bits per heavy atom. The third kappa shape index (κ3) is 3.32. The van der Waals surface area contributed by atoms with Crippen LogP contribution in [0.5, 0.6) is 11.6 Å². The number of aromatic nitrogens is 2. The van der Waals surface area contributed by atoms with Gasteiger partial charge in [0.05, 0.1) is 16.8 Å². The molecular weight excluding hydrogens is 369 g/mol. The van der Waals surface area contributed by atoms with E-state index in [2.05, 4.69) is 9.97 Å². The Kier molecular flexibility index (Phi) is 4.43. The minimum atomic E-state index is -2.89. The lowest BCUT2D eigenvalue weighted by Gasteiger charge is -2.12. The van der Waals surface area contributed by atoms with E-state index in [1.54, 1.807) is 24.5 Å². The molecule has 2 aromatic heterocycles. The Labute approximate surface area is 156 Å². The highest BCUT2D eigenvalue weighted by molar-refractivity contribution is 7.93. The van der Waals surface area contributed by atoms with Crippen molar-refractivity contribution < 1.29 is 18.1 Å². The number of nitrogens with zero attached hydrogens (tertiary/aromatic N) is 2. The van der Waals surface area contributed by atoms with Crippen LogP contribution in [-0.4, -0.2) is 26.5 Å². The molecule has 0 aliphatic heterocycles. The first-order chi connectivity index (χ1) is 13.0. The number of hydrogen-bond acceptors (Lipinski definition) is 6. The number of hydrogen-bond donors (Lipinski definition) is 1. The lowest BCUT2D eigenvalue weighted by atomic mass is 10.2. The molecule has 1 N–H and O–H groups in total. The second kappa shape index (κ2) is 6.77. The molecule has 6 nitrogen and oxygen atoms in total. The Morgan fingerprint density at radius 1 is 1.22 bits per heavy atom. The normalized spacial score (nSPS) is 16.1. The summed E-state index contributed by atoms with van der Waals surface area (Å²) in [6.45, 7) is -0.0520. The van der Waals surface area contributed by atoms with Crippen LogP contribution in [0.1, 0.15) is 18.4 Å². The Morgan fingerprint density at radius 2 is 2.00 bits per heavy atom. The van der Waals surface area contributed by atoms with E-state index >= 15 is 0 Å². The zero-order valence-corrected chi connectivity index (χ0v) is 15.5. The molecule has 0 radical (unpaired) electrons. The van der Waals surface area contributed by atoms with E-state index in [4.69, 9.17) is 14.3 Å². The summed E-state index contributed by atoms with van der Waals surface area (Å²) in [6, 6.07) is 7.60. The van der Waals surface area contributed by atoms with Crippen LogP contribution in [0.3, 0.4) is 0 Å². The third-order valence-corrected chi connectivity index (χ3v) is 6.89. The molecule has 2 heterocycles. The molecule has 0 amide bonds. The molecule has 0 saturated heterocycles. The maximum atomic E-state index is 14.2. The van der Waals surface area contributed by atoms with Gasteiger partial charge in [-0.25, -0.2) is 18.4 Å². The van der Waals surface area contributed by atoms with Crippen molar-refractivity contribution in [3.8, 4) is 11.6 Å². The first-order valence-corrected chi connectivity index (χ1v) is 10.1. The summed E-state index contributed by atoms with van der Waals surface area (Å²) >= 11 is 0. The molecule has 0 spiro atoms. The van der Waals surface area contributed by atoms with Gasteiger partial charge in [-0.05, 0) is 43.2 Å². The smallest absolute Gasteiger partial charge is 0.240 e. The van der Waals surface area contributed by atoms with Crippen molar-refractivity contribution in [3.63, 3.8) is 0 Å². The highest BCUT2D eigenvalue weighted by Gasteiger charge is 2.34. The summed E-state index contributed by atoms with van der Waals surface area (Å²) in [5, 5.41) is 0.573. The van der Waals surface area contributed by atoms with E-state index in [0.29, 0.717) is 27.4 Å². The fourth-order valence-corrected chi connectivity index (χ4v) is 4.67. The van der Waals surface area contributed by atoms with E-state index in [1.165, 1.54) is 25.3 Å². The fourth-order valence-electron chi connectivity index (χ4n) is 2.90. The van der Waals surface area contributed by atoms with Gasteiger partial charge in [0.25, 0.3) is 0 Å². The van der Waals surface area contributed by atoms with E-state index in [1.807, 2.05) is 0 Å². The lowest BCUT2D eigenvalue weighted by Crippen LogP contribution is -2.07. The van der Waals surface area contributed by atoms with Gasteiger partial charge in [-0.1, -0.05) is 0 Å². The van der Waals surface area contributed by atoms with E-state index in [-0.39, 0.29) is 17.4 Å². The number of nitrogens with one attached hydrogen (secondary N) is 1. The monoisotopic (exact) mass is 387 g/mol. The van der Waals surface area contributed by atoms with Gasteiger partial charge < -0.3 is 9.47 Å².